The molecule has 3 rings (SSSR count). The Morgan fingerprint density at radius 1 is 1.20 bits per heavy atom. The molecule has 30 heavy (non-hydrogen) atoms. The van der Waals surface area contributed by atoms with Crippen LogP contribution in [0.4, 0.5) is 28.0 Å². The highest BCUT2D eigenvalue weighted by Gasteiger charge is 2.44. The third kappa shape index (κ3) is 6.32. The minimum atomic E-state index is -4.75. The number of rotatable bonds is 5. The number of hydrogen-bond donors (Lipinski definition) is 1. The van der Waals surface area contributed by atoms with Crippen molar-refractivity contribution in [3.63, 3.8) is 0 Å². The number of benzene rings is 2. The molecule has 1 N–H and O–H groups in total. The fourth-order valence-corrected chi connectivity index (χ4v) is 3.13. The van der Waals surface area contributed by atoms with Gasteiger partial charge in [-0.25, -0.2) is 9.18 Å². The Labute approximate surface area is 175 Å². The van der Waals surface area contributed by atoms with Crippen LogP contribution in [0.2, 0.25) is 5.02 Å². The number of halogens is 5. The van der Waals surface area contributed by atoms with Gasteiger partial charge in [-0.1, -0.05) is 23.7 Å². The van der Waals surface area contributed by atoms with E-state index in [1.807, 2.05) is 0 Å². The summed E-state index contributed by atoms with van der Waals surface area (Å²) in [7, 11) is 0. The molecule has 1 aliphatic rings. The first-order chi connectivity index (χ1) is 14.2. The fraction of sp³-hybridized carbons (Fsp3) is 0.350. The van der Waals surface area contributed by atoms with Crippen molar-refractivity contribution in [2.75, 3.05) is 31.6 Å². The maximum Gasteiger partial charge on any atom is 0.426 e. The number of amides is 1. The quantitative estimate of drug-likeness (QED) is 0.654. The maximum atomic E-state index is 13.5. The number of ether oxygens (including phenoxy) is 2. The molecular weight excluding hydrogens is 428 g/mol. The zero-order valence-corrected chi connectivity index (χ0v) is 16.4. The van der Waals surface area contributed by atoms with E-state index < -0.39 is 36.8 Å². The minimum Gasteiger partial charge on any atom is -0.435 e. The Hall–Kier alpha value is -2.36. The van der Waals surface area contributed by atoms with E-state index in [1.54, 1.807) is 0 Å². The largest absolute Gasteiger partial charge is 0.435 e. The van der Waals surface area contributed by atoms with Crippen LogP contribution in [0.5, 0.6) is 0 Å². The molecule has 0 radical (unpaired) electrons. The van der Waals surface area contributed by atoms with E-state index in [0.29, 0.717) is 10.6 Å². The third-order valence-electron chi connectivity index (χ3n) is 4.52. The van der Waals surface area contributed by atoms with Crippen molar-refractivity contribution >= 4 is 23.4 Å². The second kappa shape index (κ2) is 9.63. The molecule has 2 aromatic rings. The van der Waals surface area contributed by atoms with Gasteiger partial charge in [0.1, 0.15) is 5.82 Å². The molecule has 1 heterocycles. The van der Waals surface area contributed by atoms with Gasteiger partial charge in [-0.3, -0.25) is 10.2 Å². The second-order valence-corrected chi connectivity index (χ2v) is 7.17. The van der Waals surface area contributed by atoms with Gasteiger partial charge in [-0.15, -0.1) is 0 Å². The van der Waals surface area contributed by atoms with Crippen LogP contribution >= 0.6 is 11.6 Å². The number of nitrogens with zero attached hydrogens (tertiary/aromatic N) is 1. The van der Waals surface area contributed by atoms with Crippen molar-refractivity contribution in [2.24, 2.45) is 0 Å². The predicted octanol–water partition coefficient (Wildman–Crippen LogP) is 5.03. The van der Waals surface area contributed by atoms with Gasteiger partial charge in [0, 0.05) is 30.3 Å². The second-order valence-electron chi connectivity index (χ2n) is 6.74. The lowest BCUT2D eigenvalue weighted by molar-refractivity contribution is -0.209. The van der Waals surface area contributed by atoms with Crippen LogP contribution in [0.3, 0.4) is 0 Å². The molecule has 1 aliphatic heterocycles. The summed E-state index contributed by atoms with van der Waals surface area (Å²) in [5.74, 6) is -0.413. The average Bonchev–Trinajstić information content (AvgIpc) is 2.69. The SMILES string of the molecule is O=C(Nc1ccc(Cl)cc1)O[C@@H](CN1CCOC(c2ccc(F)cc2)C1)C(F)(F)F. The third-order valence-corrected chi connectivity index (χ3v) is 4.77. The maximum absolute atomic E-state index is 13.5. The molecular formula is C20H19ClF4N2O3. The fourth-order valence-electron chi connectivity index (χ4n) is 3.00. The van der Waals surface area contributed by atoms with Gasteiger partial charge in [0.25, 0.3) is 0 Å². The summed E-state index contributed by atoms with van der Waals surface area (Å²) >= 11 is 5.74. The molecule has 1 fully saturated rings. The van der Waals surface area contributed by atoms with Gasteiger partial charge < -0.3 is 9.47 Å². The topological polar surface area (TPSA) is 50.8 Å². The van der Waals surface area contributed by atoms with Crippen LogP contribution in [0.25, 0.3) is 0 Å². The van der Waals surface area contributed by atoms with E-state index in [2.05, 4.69) is 10.1 Å². The van der Waals surface area contributed by atoms with Gasteiger partial charge in [0.05, 0.1) is 12.7 Å². The molecule has 10 heteroatoms. The van der Waals surface area contributed by atoms with E-state index >= 15 is 0 Å². The number of anilines is 1. The van der Waals surface area contributed by atoms with Gasteiger partial charge in [0.2, 0.25) is 6.10 Å². The molecule has 1 unspecified atom stereocenters. The van der Waals surface area contributed by atoms with Crippen molar-refractivity contribution in [3.8, 4) is 0 Å². The average molecular weight is 447 g/mol. The molecule has 2 aromatic carbocycles. The van der Waals surface area contributed by atoms with Crippen molar-refractivity contribution < 1.29 is 31.8 Å². The van der Waals surface area contributed by atoms with E-state index in [-0.39, 0.29) is 25.4 Å². The summed E-state index contributed by atoms with van der Waals surface area (Å²) in [5, 5.41) is 2.67. The smallest absolute Gasteiger partial charge is 0.426 e. The van der Waals surface area contributed by atoms with Crippen molar-refractivity contribution in [3.05, 3.63) is 64.9 Å². The highest BCUT2D eigenvalue weighted by atomic mass is 35.5. The van der Waals surface area contributed by atoms with Gasteiger partial charge in [0.15, 0.2) is 0 Å². The number of morpholine rings is 1. The number of alkyl halides is 3. The first-order valence-electron chi connectivity index (χ1n) is 9.10. The van der Waals surface area contributed by atoms with Crippen molar-refractivity contribution in [2.45, 2.75) is 18.4 Å². The van der Waals surface area contributed by atoms with E-state index in [9.17, 15) is 22.4 Å². The Morgan fingerprint density at radius 3 is 2.50 bits per heavy atom. The Bertz CT molecular complexity index is 847. The number of carbonyl (C=O) groups is 1. The molecule has 1 amide bonds. The molecule has 5 nitrogen and oxygen atoms in total. The molecule has 0 aliphatic carbocycles. The zero-order chi connectivity index (χ0) is 21.7. The van der Waals surface area contributed by atoms with Crippen LogP contribution in [-0.4, -0.2) is 49.5 Å². The summed E-state index contributed by atoms with van der Waals surface area (Å²) in [6.07, 6.45) is -8.79. The predicted molar refractivity (Wildman–Crippen MR) is 103 cm³/mol. The first kappa shape index (κ1) is 22.3. The summed E-state index contributed by atoms with van der Waals surface area (Å²) in [6.45, 7) is 0.0506. The van der Waals surface area contributed by atoms with Gasteiger partial charge in [-0.05, 0) is 42.0 Å². The zero-order valence-electron chi connectivity index (χ0n) is 15.7. The number of nitrogens with one attached hydrogen (secondary N) is 1. The van der Waals surface area contributed by atoms with Crippen LogP contribution in [-0.2, 0) is 9.47 Å². The van der Waals surface area contributed by atoms with Gasteiger partial charge in [-0.2, -0.15) is 13.2 Å². The molecule has 0 spiro atoms. The monoisotopic (exact) mass is 446 g/mol. The molecule has 162 valence electrons. The highest BCUT2D eigenvalue weighted by Crippen LogP contribution is 2.27. The minimum absolute atomic E-state index is 0.153. The molecule has 0 saturated carbocycles. The van der Waals surface area contributed by atoms with E-state index in [1.165, 1.54) is 53.4 Å². The lowest BCUT2D eigenvalue weighted by Crippen LogP contribution is -2.48. The summed E-state index contributed by atoms with van der Waals surface area (Å²) in [5.41, 5.74) is 0.916. The van der Waals surface area contributed by atoms with Crippen molar-refractivity contribution in [1.82, 2.24) is 4.90 Å². The molecule has 0 bridgehead atoms. The normalized spacial score (nSPS) is 18.6. The highest BCUT2D eigenvalue weighted by molar-refractivity contribution is 6.30. The van der Waals surface area contributed by atoms with Crippen LogP contribution in [0, 0.1) is 5.82 Å². The standard InChI is InChI=1S/C20H19ClF4N2O3/c21-14-3-7-16(8-4-14)26-19(28)30-18(20(23,24)25)12-27-9-10-29-17(11-27)13-1-5-15(22)6-2-13/h1-8,17-18H,9-12H2,(H,26,28)/t17?,18-/m0/s1. The lowest BCUT2D eigenvalue weighted by Gasteiger charge is -2.35. The molecule has 0 aromatic heterocycles. The Morgan fingerprint density at radius 2 is 1.87 bits per heavy atom. The molecule has 1 saturated heterocycles. The Balaban J connectivity index is 1.61. The lowest BCUT2D eigenvalue weighted by atomic mass is 10.1. The van der Waals surface area contributed by atoms with Crippen LogP contribution < -0.4 is 5.32 Å². The number of carbonyl (C=O) groups excluding carboxylic acids is 1. The first-order valence-corrected chi connectivity index (χ1v) is 9.48. The van der Waals surface area contributed by atoms with Gasteiger partial charge >= 0.3 is 12.3 Å². The summed E-state index contributed by atoms with van der Waals surface area (Å²) < 4.78 is 63.8. The Kier molecular flexibility index (Phi) is 7.17. The van der Waals surface area contributed by atoms with Crippen LogP contribution in [0.15, 0.2) is 48.5 Å². The summed E-state index contributed by atoms with van der Waals surface area (Å²) in [4.78, 5) is 13.5. The molecule has 2 atom stereocenters. The van der Waals surface area contributed by atoms with E-state index in [4.69, 9.17) is 16.3 Å². The van der Waals surface area contributed by atoms with E-state index in [0.717, 1.165) is 0 Å². The number of hydrogen-bond acceptors (Lipinski definition) is 4. The summed E-state index contributed by atoms with van der Waals surface area (Å²) in [6, 6.07) is 11.5. The van der Waals surface area contributed by atoms with Crippen LogP contribution in [0.1, 0.15) is 11.7 Å². The van der Waals surface area contributed by atoms with Crippen molar-refractivity contribution in [1.29, 1.82) is 0 Å².